The summed E-state index contributed by atoms with van der Waals surface area (Å²) >= 11 is 0. The maximum atomic E-state index is 13.2. The molecule has 3 N–H and O–H groups in total. The van der Waals surface area contributed by atoms with E-state index in [1.807, 2.05) is 24.3 Å². The van der Waals surface area contributed by atoms with Crippen LogP contribution in [0.15, 0.2) is 54.6 Å². The number of hydrogen-bond acceptors (Lipinski definition) is 3. The van der Waals surface area contributed by atoms with Crippen LogP contribution in [0.25, 0.3) is 10.8 Å². The minimum atomic E-state index is -0.954. The van der Waals surface area contributed by atoms with Crippen molar-refractivity contribution in [3.8, 4) is 11.5 Å². The number of nitrogens with two attached hydrogens (primary N) is 1. The number of ether oxygens (including phenoxy) is 1. The predicted octanol–water partition coefficient (Wildman–Crippen LogP) is 4.08. The summed E-state index contributed by atoms with van der Waals surface area (Å²) in [5.41, 5.74) is 6.06. The van der Waals surface area contributed by atoms with E-state index in [4.69, 9.17) is 10.5 Å². The SMILES string of the molecule is CC(N)(CO)c1ccc2cc(Oc3ccc(F)c(F)c3)ccc2c1. The van der Waals surface area contributed by atoms with Gasteiger partial charge in [0.15, 0.2) is 11.6 Å². The van der Waals surface area contributed by atoms with Crippen LogP contribution in [0.5, 0.6) is 11.5 Å². The molecule has 0 spiro atoms. The Morgan fingerprint density at radius 2 is 1.54 bits per heavy atom. The van der Waals surface area contributed by atoms with Crippen LogP contribution in [0.1, 0.15) is 12.5 Å². The highest BCUT2D eigenvalue weighted by molar-refractivity contribution is 5.84. The Hall–Kier alpha value is -2.50. The fourth-order valence-corrected chi connectivity index (χ4v) is 2.41. The topological polar surface area (TPSA) is 55.5 Å². The molecule has 0 aliphatic carbocycles. The summed E-state index contributed by atoms with van der Waals surface area (Å²) < 4.78 is 31.8. The monoisotopic (exact) mass is 329 g/mol. The van der Waals surface area contributed by atoms with Crippen molar-refractivity contribution < 1.29 is 18.6 Å². The van der Waals surface area contributed by atoms with Crippen molar-refractivity contribution in [3.05, 3.63) is 71.8 Å². The second kappa shape index (κ2) is 6.19. The van der Waals surface area contributed by atoms with E-state index in [0.29, 0.717) is 5.75 Å². The first-order valence-electron chi connectivity index (χ1n) is 7.46. The molecule has 0 aromatic heterocycles. The maximum absolute atomic E-state index is 13.2. The van der Waals surface area contributed by atoms with Crippen LogP contribution in [-0.4, -0.2) is 11.7 Å². The van der Waals surface area contributed by atoms with Crippen molar-refractivity contribution in [1.29, 1.82) is 0 Å². The molecule has 0 saturated heterocycles. The van der Waals surface area contributed by atoms with E-state index in [2.05, 4.69) is 0 Å². The van der Waals surface area contributed by atoms with Crippen LogP contribution in [0, 0.1) is 11.6 Å². The second-order valence-electron chi connectivity index (χ2n) is 5.98. The third-order valence-electron chi connectivity index (χ3n) is 3.93. The fourth-order valence-electron chi connectivity index (χ4n) is 2.41. The van der Waals surface area contributed by atoms with Crippen molar-refractivity contribution >= 4 is 10.8 Å². The van der Waals surface area contributed by atoms with Crippen molar-refractivity contribution in [2.24, 2.45) is 5.73 Å². The summed E-state index contributed by atoms with van der Waals surface area (Å²) in [6, 6.07) is 14.4. The first-order valence-corrected chi connectivity index (χ1v) is 7.46. The van der Waals surface area contributed by atoms with Gasteiger partial charge >= 0.3 is 0 Å². The zero-order valence-electron chi connectivity index (χ0n) is 13.1. The van der Waals surface area contributed by atoms with Gasteiger partial charge in [0.2, 0.25) is 0 Å². The largest absolute Gasteiger partial charge is 0.457 e. The molecule has 0 bridgehead atoms. The molecule has 3 nitrogen and oxygen atoms in total. The molecule has 124 valence electrons. The van der Waals surface area contributed by atoms with E-state index < -0.39 is 17.2 Å². The lowest BCUT2D eigenvalue weighted by Gasteiger charge is -2.22. The Balaban J connectivity index is 1.91. The highest BCUT2D eigenvalue weighted by Gasteiger charge is 2.20. The average molecular weight is 329 g/mol. The molecule has 0 radical (unpaired) electrons. The molecule has 0 aliphatic rings. The van der Waals surface area contributed by atoms with Gasteiger partial charge < -0.3 is 15.6 Å². The zero-order valence-corrected chi connectivity index (χ0v) is 13.1. The Labute approximate surface area is 138 Å². The van der Waals surface area contributed by atoms with Crippen LogP contribution in [0.2, 0.25) is 0 Å². The van der Waals surface area contributed by atoms with Crippen molar-refractivity contribution in [3.63, 3.8) is 0 Å². The standard InChI is InChI=1S/C19H17F2NO2/c1-19(22,11-23)14-4-2-13-9-15(5-3-12(13)8-14)24-16-6-7-17(20)18(21)10-16/h2-10,23H,11,22H2,1H3. The molecule has 0 saturated carbocycles. The number of benzene rings is 3. The van der Waals surface area contributed by atoms with Gasteiger partial charge in [-0.3, -0.25) is 0 Å². The summed E-state index contributed by atoms with van der Waals surface area (Å²) in [5.74, 6) is -1.13. The number of hydrogen-bond donors (Lipinski definition) is 2. The van der Waals surface area contributed by atoms with Crippen LogP contribution >= 0.6 is 0 Å². The van der Waals surface area contributed by atoms with E-state index in [-0.39, 0.29) is 12.4 Å². The molecule has 24 heavy (non-hydrogen) atoms. The number of aliphatic hydroxyl groups excluding tert-OH is 1. The molecule has 5 heteroatoms. The molecule has 0 amide bonds. The summed E-state index contributed by atoms with van der Waals surface area (Å²) in [4.78, 5) is 0. The van der Waals surface area contributed by atoms with Crippen molar-refractivity contribution in [2.75, 3.05) is 6.61 Å². The fraction of sp³-hybridized carbons (Fsp3) is 0.158. The molecule has 1 unspecified atom stereocenters. The molecule has 1 atom stereocenters. The average Bonchev–Trinajstić information content (AvgIpc) is 2.57. The number of rotatable bonds is 4. The molecule has 0 fully saturated rings. The molecule has 0 heterocycles. The first kappa shape index (κ1) is 16.4. The van der Waals surface area contributed by atoms with Gasteiger partial charge in [0.05, 0.1) is 12.1 Å². The van der Waals surface area contributed by atoms with Gasteiger partial charge in [-0.05, 0) is 53.6 Å². The molecule has 0 aliphatic heterocycles. The van der Waals surface area contributed by atoms with Gasteiger partial charge in [-0.15, -0.1) is 0 Å². The number of fused-ring (bicyclic) bond motifs is 1. The summed E-state index contributed by atoms with van der Waals surface area (Å²) in [6.07, 6.45) is 0. The van der Waals surface area contributed by atoms with E-state index in [1.54, 1.807) is 19.1 Å². The highest BCUT2D eigenvalue weighted by Crippen LogP contribution is 2.29. The zero-order chi connectivity index (χ0) is 17.3. The molecule has 3 rings (SSSR count). The van der Waals surface area contributed by atoms with Crippen LogP contribution in [0.3, 0.4) is 0 Å². The van der Waals surface area contributed by atoms with Gasteiger partial charge in [0.25, 0.3) is 0 Å². The lowest BCUT2D eigenvalue weighted by Crippen LogP contribution is -2.36. The third kappa shape index (κ3) is 3.22. The molecular weight excluding hydrogens is 312 g/mol. The minimum absolute atomic E-state index is 0.157. The Bertz CT molecular complexity index is 894. The van der Waals surface area contributed by atoms with Gasteiger partial charge in [-0.2, -0.15) is 0 Å². The maximum Gasteiger partial charge on any atom is 0.162 e. The first-order chi connectivity index (χ1) is 11.4. The predicted molar refractivity (Wildman–Crippen MR) is 89.0 cm³/mol. The quantitative estimate of drug-likeness (QED) is 0.758. The van der Waals surface area contributed by atoms with Crippen molar-refractivity contribution in [1.82, 2.24) is 0 Å². The van der Waals surface area contributed by atoms with Gasteiger partial charge in [0, 0.05) is 6.07 Å². The van der Waals surface area contributed by atoms with E-state index >= 15 is 0 Å². The van der Waals surface area contributed by atoms with Crippen LogP contribution in [0.4, 0.5) is 8.78 Å². The summed E-state index contributed by atoms with van der Waals surface area (Å²) in [5, 5.41) is 11.2. The van der Waals surface area contributed by atoms with Gasteiger partial charge in [-0.25, -0.2) is 8.78 Å². The van der Waals surface area contributed by atoms with Crippen LogP contribution < -0.4 is 10.5 Å². The molecule has 3 aromatic rings. The smallest absolute Gasteiger partial charge is 0.162 e. The normalized spacial score (nSPS) is 13.7. The second-order valence-corrected chi connectivity index (χ2v) is 5.98. The lowest BCUT2D eigenvalue weighted by atomic mass is 9.92. The van der Waals surface area contributed by atoms with Gasteiger partial charge in [-0.1, -0.05) is 18.2 Å². The molecular formula is C19H17F2NO2. The van der Waals surface area contributed by atoms with E-state index in [0.717, 1.165) is 28.5 Å². The Morgan fingerprint density at radius 3 is 2.25 bits per heavy atom. The lowest BCUT2D eigenvalue weighted by molar-refractivity contribution is 0.210. The Kier molecular flexibility index (Phi) is 4.22. The number of aliphatic hydroxyl groups is 1. The van der Waals surface area contributed by atoms with Gasteiger partial charge in [0.1, 0.15) is 11.5 Å². The summed E-state index contributed by atoms with van der Waals surface area (Å²) in [7, 11) is 0. The minimum Gasteiger partial charge on any atom is -0.457 e. The Morgan fingerprint density at radius 1 is 0.917 bits per heavy atom. The van der Waals surface area contributed by atoms with E-state index in [1.165, 1.54) is 6.07 Å². The number of halogens is 2. The van der Waals surface area contributed by atoms with Crippen molar-refractivity contribution in [2.45, 2.75) is 12.5 Å². The third-order valence-corrected chi connectivity index (χ3v) is 3.93. The molecule has 3 aromatic carbocycles. The van der Waals surface area contributed by atoms with E-state index in [9.17, 15) is 13.9 Å². The highest BCUT2D eigenvalue weighted by atomic mass is 19.2. The van der Waals surface area contributed by atoms with Crippen LogP contribution in [-0.2, 0) is 5.54 Å². The summed E-state index contributed by atoms with van der Waals surface area (Å²) in [6.45, 7) is 1.60.